The Labute approximate surface area is 125 Å². The molecule has 2 aliphatic heterocycles. The van der Waals surface area contributed by atoms with Crippen molar-refractivity contribution < 1.29 is 19.0 Å². The normalized spacial score (nSPS) is 23.0. The molecular formula is C13H24ClFN2O3. The summed E-state index contributed by atoms with van der Waals surface area (Å²) in [6.07, 6.45) is 2.09. The van der Waals surface area contributed by atoms with Crippen LogP contribution in [0.5, 0.6) is 0 Å². The average molecular weight is 311 g/mol. The van der Waals surface area contributed by atoms with E-state index in [4.69, 9.17) is 9.84 Å². The highest BCUT2D eigenvalue weighted by Crippen LogP contribution is 2.26. The lowest BCUT2D eigenvalue weighted by Crippen LogP contribution is -2.46. The van der Waals surface area contributed by atoms with Gasteiger partial charge in [0.15, 0.2) is 0 Å². The molecule has 2 rings (SSSR count). The smallest absolute Gasteiger partial charge is 0.409 e. The monoisotopic (exact) mass is 310 g/mol. The fourth-order valence-electron chi connectivity index (χ4n) is 2.58. The number of nitrogens with zero attached hydrogens (tertiary/aromatic N) is 1. The van der Waals surface area contributed by atoms with Crippen LogP contribution >= 0.6 is 12.4 Å². The zero-order valence-electron chi connectivity index (χ0n) is 11.6. The van der Waals surface area contributed by atoms with Gasteiger partial charge in [-0.1, -0.05) is 0 Å². The zero-order chi connectivity index (χ0) is 13.7. The molecule has 0 radical (unpaired) electrons. The number of likely N-dealkylation sites (tertiary alicyclic amines) is 1. The SMILES string of the molecule is Cl.O=C(OCC1CCNCC1)N1CCC(F)(CO)CC1. The molecule has 118 valence electrons. The van der Waals surface area contributed by atoms with Gasteiger partial charge in [-0.2, -0.15) is 0 Å². The van der Waals surface area contributed by atoms with Crippen LogP contribution in [0, 0.1) is 5.92 Å². The van der Waals surface area contributed by atoms with Crippen molar-refractivity contribution in [3.05, 3.63) is 0 Å². The van der Waals surface area contributed by atoms with E-state index in [1.54, 1.807) is 0 Å². The molecule has 2 saturated heterocycles. The summed E-state index contributed by atoms with van der Waals surface area (Å²) in [5.74, 6) is 0.438. The largest absolute Gasteiger partial charge is 0.449 e. The van der Waals surface area contributed by atoms with Crippen LogP contribution in [0.3, 0.4) is 0 Å². The Morgan fingerprint density at radius 3 is 2.50 bits per heavy atom. The molecule has 5 nitrogen and oxygen atoms in total. The second-order valence-corrected chi connectivity index (χ2v) is 5.57. The van der Waals surface area contributed by atoms with Crippen molar-refractivity contribution in [1.82, 2.24) is 10.2 Å². The fraction of sp³-hybridized carbons (Fsp3) is 0.923. The number of aliphatic hydroxyl groups is 1. The molecule has 0 unspecified atom stereocenters. The first-order valence-corrected chi connectivity index (χ1v) is 7.05. The number of nitrogens with one attached hydrogen (secondary N) is 1. The van der Waals surface area contributed by atoms with E-state index < -0.39 is 12.3 Å². The van der Waals surface area contributed by atoms with Crippen molar-refractivity contribution in [3.8, 4) is 0 Å². The van der Waals surface area contributed by atoms with Gasteiger partial charge in [-0.3, -0.25) is 0 Å². The van der Waals surface area contributed by atoms with E-state index in [0.29, 0.717) is 25.6 Å². The first kappa shape index (κ1) is 17.5. The molecule has 2 fully saturated rings. The van der Waals surface area contributed by atoms with Crippen LogP contribution in [0.15, 0.2) is 0 Å². The van der Waals surface area contributed by atoms with Crippen LogP contribution in [0.2, 0.25) is 0 Å². The number of ether oxygens (including phenoxy) is 1. The van der Waals surface area contributed by atoms with Crippen molar-refractivity contribution in [2.24, 2.45) is 5.92 Å². The number of piperidine rings is 2. The fourth-order valence-corrected chi connectivity index (χ4v) is 2.58. The maximum absolute atomic E-state index is 13.8. The van der Waals surface area contributed by atoms with Gasteiger partial charge in [-0.05, 0) is 31.8 Å². The molecule has 2 heterocycles. The van der Waals surface area contributed by atoms with E-state index in [9.17, 15) is 9.18 Å². The van der Waals surface area contributed by atoms with Crippen LogP contribution in [0.25, 0.3) is 0 Å². The Bertz CT molecular complexity index is 306. The van der Waals surface area contributed by atoms with Gasteiger partial charge < -0.3 is 20.1 Å². The lowest BCUT2D eigenvalue weighted by molar-refractivity contribution is 0.00377. The van der Waals surface area contributed by atoms with Crippen LogP contribution in [-0.4, -0.2) is 61.2 Å². The zero-order valence-corrected chi connectivity index (χ0v) is 12.5. The number of carbonyl (C=O) groups excluding carboxylic acids is 1. The van der Waals surface area contributed by atoms with Gasteiger partial charge in [0.05, 0.1) is 13.2 Å². The van der Waals surface area contributed by atoms with Crippen molar-refractivity contribution in [1.29, 1.82) is 0 Å². The number of carbonyl (C=O) groups is 1. The van der Waals surface area contributed by atoms with Crippen LogP contribution in [0.1, 0.15) is 25.7 Å². The molecule has 7 heteroatoms. The predicted molar refractivity (Wildman–Crippen MR) is 75.9 cm³/mol. The summed E-state index contributed by atoms with van der Waals surface area (Å²) < 4.78 is 19.1. The molecule has 20 heavy (non-hydrogen) atoms. The molecule has 0 aromatic heterocycles. The van der Waals surface area contributed by atoms with Gasteiger partial charge >= 0.3 is 6.09 Å². The molecule has 2 N–H and O–H groups in total. The second-order valence-electron chi connectivity index (χ2n) is 5.57. The van der Waals surface area contributed by atoms with Gasteiger partial charge in [0.1, 0.15) is 5.67 Å². The van der Waals surface area contributed by atoms with Crippen LogP contribution in [-0.2, 0) is 4.74 Å². The van der Waals surface area contributed by atoms with E-state index in [1.807, 2.05) is 0 Å². The van der Waals surface area contributed by atoms with E-state index in [2.05, 4.69) is 5.32 Å². The van der Waals surface area contributed by atoms with Gasteiger partial charge in [0.2, 0.25) is 0 Å². The quantitative estimate of drug-likeness (QED) is 0.826. The van der Waals surface area contributed by atoms with Crippen LogP contribution < -0.4 is 5.32 Å². The summed E-state index contributed by atoms with van der Waals surface area (Å²) in [5.41, 5.74) is -1.52. The minimum absolute atomic E-state index is 0. The molecule has 1 amide bonds. The molecule has 0 bridgehead atoms. The van der Waals surface area contributed by atoms with Crippen molar-refractivity contribution in [2.75, 3.05) is 39.4 Å². The summed E-state index contributed by atoms with van der Waals surface area (Å²) in [7, 11) is 0. The predicted octanol–water partition coefficient (Wildman–Crippen LogP) is 1.34. The molecule has 0 saturated carbocycles. The first-order valence-electron chi connectivity index (χ1n) is 7.05. The highest BCUT2D eigenvalue weighted by Gasteiger charge is 2.35. The van der Waals surface area contributed by atoms with Gasteiger partial charge in [0.25, 0.3) is 0 Å². The lowest BCUT2D eigenvalue weighted by Gasteiger charge is -2.35. The van der Waals surface area contributed by atoms with Crippen LogP contribution in [0.4, 0.5) is 9.18 Å². The van der Waals surface area contributed by atoms with E-state index in [0.717, 1.165) is 25.9 Å². The first-order chi connectivity index (χ1) is 9.13. The van der Waals surface area contributed by atoms with Gasteiger partial charge in [-0.15, -0.1) is 12.4 Å². The number of amides is 1. The Kier molecular flexibility index (Phi) is 6.99. The standard InChI is InChI=1S/C13H23FN2O3.ClH/c14-13(10-17)3-7-16(8-4-13)12(18)19-9-11-1-5-15-6-2-11;/h11,15,17H,1-10H2;1H. The van der Waals surface area contributed by atoms with Crippen molar-refractivity contribution >= 4 is 18.5 Å². The molecule has 2 aliphatic rings. The van der Waals surface area contributed by atoms with Gasteiger partial charge in [-0.25, -0.2) is 9.18 Å². The van der Waals surface area contributed by atoms with Crippen molar-refractivity contribution in [3.63, 3.8) is 0 Å². The summed E-state index contributed by atoms with van der Waals surface area (Å²) in [6.45, 7) is 2.59. The molecule has 0 aliphatic carbocycles. The Morgan fingerprint density at radius 1 is 1.35 bits per heavy atom. The summed E-state index contributed by atoms with van der Waals surface area (Å²) >= 11 is 0. The Hall–Kier alpha value is -0.590. The molecule has 0 aromatic carbocycles. The third kappa shape index (κ3) is 4.75. The topological polar surface area (TPSA) is 61.8 Å². The summed E-state index contributed by atoms with van der Waals surface area (Å²) in [6, 6.07) is 0. The third-order valence-corrected chi connectivity index (χ3v) is 4.10. The maximum Gasteiger partial charge on any atom is 0.409 e. The van der Waals surface area contributed by atoms with Crippen molar-refractivity contribution in [2.45, 2.75) is 31.4 Å². The minimum atomic E-state index is -1.52. The molecule has 0 spiro atoms. The lowest BCUT2D eigenvalue weighted by atomic mass is 9.95. The molecule has 0 atom stereocenters. The number of rotatable bonds is 3. The third-order valence-electron chi connectivity index (χ3n) is 4.10. The highest BCUT2D eigenvalue weighted by atomic mass is 35.5. The minimum Gasteiger partial charge on any atom is -0.449 e. The molecule has 0 aromatic rings. The Balaban J connectivity index is 0.00000200. The summed E-state index contributed by atoms with van der Waals surface area (Å²) in [4.78, 5) is 13.4. The average Bonchev–Trinajstić information content (AvgIpc) is 2.47. The Morgan fingerprint density at radius 2 is 1.95 bits per heavy atom. The van der Waals surface area contributed by atoms with E-state index in [1.165, 1.54) is 4.90 Å². The number of alkyl halides is 1. The number of hydrogen-bond donors (Lipinski definition) is 2. The maximum atomic E-state index is 13.8. The second kappa shape index (κ2) is 8.00. The number of hydrogen-bond acceptors (Lipinski definition) is 4. The van der Waals surface area contributed by atoms with E-state index in [-0.39, 0.29) is 31.3 Å². The number of aliphatic hydroxyl groups excluding tert-OH is 1. The van der Waals surface area contributed by atoms with Gasteiger partial charge in [0, 0.05) is 25.9 Å². The highest BCUT2D eigenvalue weighted by molar-refractivity contribution is 5.85. The number of halogens is 2. The summed E-state index contributed by atoms with van der Waals surface area (Å²) in [5, 5.41) is 12.2. The molecular weight excluding hydrogens is 287 g/mol. The van der Waals surface area contributed by atoms with E-state index >= 15 is 0 Å².